The van der Waals surface area contributed by atoms with Gasteiger partial charge in [-0.1, -0.05) is 20.8 Å². The molecule has 0 saturated carbocycles. The van der Waals surface area contributed by atoms with Gasteiger partial charge in [0.1, 0.15) is 23.4 Å². The molecule has 1 aromatic heterocycles. The number of carboxylic acid groups (broad SMARTS) is 1. The van der Waals surface area contributed by atoms with E-state index in [0.717, 1.165) is 16.8 Å². The number of carboxylic acids is 1. The molecule has 2 aliphatic heterocycles. The molecule has 13 nitrogen and oxygen atoms in total. The second-order valence-electron chi connectivity index (χ2n) is 11.9. The number of carbonyl (C=O) groups is 3. The Morgan fingerprint density at radius 2 is 1.77 bits per heavy atom. The van der Waals surface area contributed by atoms with Gasteiger partial charge in [0.15, 0.2) is 17.2 Å². The van der Waals surface area contributed by atoms with Crippen LogP contribution in [-0.4, -0.2) is 109 Å². The first-order valence-electron chi connectivity index (χ1n) is 14.6. The molecular formula is C31H40F3N5O8. The topological polar surface area (TPSA) is 175 Å². The molecule has 0 bridgehead atoms. The van der Waals surface area contributed by atoms with Crippen LogP contribution in [0.25, 0.3) is 0 Å². The van der Waals surface area contributed by atoms with E-state index in [9.17, 15) is 27.9 Å². The summed E-state index contributed by atoms with van der Waals surface area (Å²) in [5.74, 6) is -2.26. The number of aliphatic hydroxyl groups excluding tert-OH is 1. The lowest BCUT2D eigenvalue weighted by molar-refractivity contribution is -0.192. The van der Waals surface area contributed by atoms with E-state index in [1.54, 1.807) is 31.3 Å². The third-order valence-corrected chi connectivity index (χ3v) is 7.57. The number of β-amino-alcohol motifs (C(OH)–C–C–N with tert-alkyl or cyclic N) is 1. The van der Waals surface area contributed by atoms with Crippen LogP contribution in [0.1, 0.15) is 65.4 Å². The highest BCUT2D eigenvalue weighted by molar-refractivity contribution is 6.06. The molecule has 2 atom stereocenters. The van der Waals surface area contributed by atoms with Crippen molar-refractivity contribution in [3.63, 3.8) is 0 Å². The lowest BCUT2D eigenvalue weighted by Crippen LogP contribution is -2.31. The van der Waals surface area contributed by atoms with Crippen LogP contribution in [-0.2, 0) is 21.5 Å². The van der Waals surface area contributed by atoms with Crippen molar-refractivity contribution in [2.45, 2.75) is 58.0 Å². The number of halogens is 3. The van der Waals surface area contributed by atoms with Crippen LogP contribution in [0.5, 0.6) is 11.5 Å². The molecule has 2 aromatic rings. The third kappa shape index (κ3) is 8.29. The fourth-order valence-electron chi connectivity index (χ4n) is 5.21. The van der Waals surface area contributed by atoms with E-state index in [0.29, 0.717) is 49.0 Å². The number of aliphatic carboxylic acids is 1. The number of nitrogens with zero attached hydrogens (tertiary/aromatic N) is 3. The van der Waals surface area contributed by atoms with Gasteiger partial charge in [-0.15, -0.1) is 0 Å². The van der Waals surface area contributed by atoms with Crippen molar-refractivity contribution in [1.29, 1.82) is 5.41 Å². The van der Waals surface area contributed by atoms with Crippen molar-refractivity contribution >= 4 is 29.2 Å². The number of rotatable bonds is 9. The van der Waals surface area contributed by atoms with Gasteiger partial charge in [0, 0.05) is 50.5 Å². The van der Waals surface area contributed by atoms with Crippen molar-refractivity contribution in [3.05, 3.63) is 46.3 Å². The molecule has 1 saturated heterocycles. The standard InChI is InChI=1S/C29H39N5O6.C2HF3O2/c1-8-40-22-11-17-12-34(27(30)24(17)32-25(22)28(37)31-5)13-20(35)16-9-18(29(2,3)4)26(39-7)19(10-16)33-14-21(36)23(15-33)38-6;3-2(4,5)1(6)7/h9-11,21,23,30,36H,8,12-15H2,1-7H3,(H,31,37);(H,6,7)/t21-,23-;/m1./s1. The summed E-state index contributed by atoms with van der Waals surface area (Å²) in [5, 5.41) is 28.9. The second kappa shape index (κ2) is 14.5. The zero-order valence-corrected chi connectivity index (χ0v) is 27.2. The molecule has 47 heavy (non-hydrogen) atoms. The van der Waals surface area contributed by atoms with Gasteiger partial charge < -0.3 is 39.5 Å². The van der Waals surface area contributed by atoms with Crippen molar-refractivity contribution in [2.75, 3.05) is 52.4 Å². The van der Waals surface area contributed by atoms with Gasteiger partial charge in [0.05, 0.1) is 32.1 Å². The lowest BCUT2D eigenvalue weighted by Gasteiger charge is -2.29. The molecule has 1 fully saturated rings. The van der Waals surface area contributed by atoms with Gasteiger partial charge in [-0.3, -0.25) is 15.0 Å². The quantitative estimate of drug-likeness (QED) is 0.290. The number of hydrogen-bond donors (Lipinski definition) is 4. The Morgan fingerprint density at radius 3 is 2.26 bits per heavy atom. The maximum absolute atomic E-state index is 13.7. The normalized spacial score (nSPS) is 17.6. The molecule has 258 valence electrons. The summed E-state index contributed by atoms with van der Waals surface area (Å²) in [6.07, 6.45) is -6.09. The van der Waals surface area contributed by atoms with E-state index in [4.69, 9.17) is 29.5 Å². The smallest absolute Gasteiger partial charge is 0.490 e. The first-order chi connectivity index (χ1) is 21.9. The number of ether oxygens (including phenoxy) is 3. The number of benzene rings is 1. The highest BCUT2D eigenvalue weighted by atomic mass is 19.4. The number of amides is 1. The molecule has 3 heterocycles. The minimum Gasteiger partial charge on any atom is -0.494 e. The fourth-order valence-corrected chi connectivity index (χ4v) is 5.21. The molecule has 0 unspecified atom stereocenters. The predicted molar refractivity (Wildman–Crippen MR) is 165 cm³/mol. The summed E-state index contributed by atoms with van der Waals surface area (Å²) in [5.41, 5.74) is 2.92. The first kappa shape index (κ1) is 37.0. The number of ketones is 1. The molecule has 4 N–H and O–H groups in total. The van der Waals surface area contributed by atoms with Crippen molar-refractivity contribution in [2.24, 2.45) is 0 Å². The molecule has 0 radical (unpaired) electrons. The number of nitrogens with one attached hydrogen (secondary N) is 2. The van der Waals surface area contributed by atoms with Gasteiger partial charge >= 0.3 is 12.1 Å². The number of pyridine rings is 1. The van der Waals surface area contributed by atoms with Crippen LogP contribution >= 0.6 is 0 Å². The number of methoxy groups -OCH3 is 2. The maximum atomic E-state index is 13.7. The zero-order valence-electron chi connectivity index (χ0n) is 27.2. The monoisotopic (exact) mass is 667 g/mol. The number of anilines is 1. The van der Waals surface area contributed by atoms with Crippen LogP contribution in [0.2, 0.25) is 0 Å². The third-order valence-electron chi connectivity index (χ3n) is 7.57. The highest BCUT2D eigenvalue weighted by Gasteiger charge is 2.38. The molecule has 0 aliphatic carbocycles. The number of fused-ring (bicyclic) bond motifs is 1. The highest BCUT2D eigenvalue weighted by Crippen LogP contribution is 2.41. The van der Waals surface area contributed by atoms with Gasteiger partial charge in [0.2, 0.25) is 0 Å². The number of aromatic nitrogens is 1. The Balaban J connectivity index is 0.000000771. The molecule has 1 aromatic carbocycles. The van der Waals surface area contributed by atoms with Crippen LogP contribution in [0.15, 0.2) is 18.2 Å². The van der Waals surface area contributed by atoms with Gasteiger partial charge in [-0.25, -0.2) is 9.78 Å². The van der Waals surface area contributed by atoms with Gasteiger partial charge in [0.25, 0.3) is 5.91 Å². The molecule has 1 amide bonds. The lowest BCUT2D eigenvalue weighted by atomic mass is 9.84. The largest absolute Gasteiger partial charge is 0.494 e. The molecule has 2 aliphatic rings. The maximum Gasteiger partial charge on any atom is 0.490 e. The van der Waals surface area contributed by atoms with Crippen molar-refractivity contribution < 1.29 is 52.0 Å². The van der Waals surface area contributed by atoms with E-state index in [-0.39, 0.29) is 35.4 Å². The summed E-state index contributed by atoms with van der Waals surface area (Å²) in [6, 6.07) is 5.37. The molecule has 16 heteroatoms. The average Bonchev–Trinajstić information content (AvgIpc) is 3.53. The fraction of sp³-hybridized carbons (Fsp3) is 0.516. The summed E-state index contributed by atoms with van der Waals surface area (Å²) < 4.78 is 48.7. The van der Waals surface area contributed by atoms with E-state index in [1.165, 1.54) is 7.05 Å². The van der Waals surface area contributed by atoms with E-state index in [1.807, 2.05) is 17.9 Å². The summed E-state index contributed by atoms with van der Waals surface area (Å²) in [7, 11) is 4.69. The molecule has 0 spiro atoms. The Morgan fingerprint density at radius 1 is 1.13 bits per heavy atom. The summed E-state index contributed by atoms with van der Waals surface area (Å²) in [6.45, 7) is 9.40. The first-order valence-corrected chi connectivity index (χ1v) is 14.6. The number of alkyl halides is 3. The Labute approximate surface area is 270 Å². The van der Waals surface area contributed by atoms with E-state index < -0.39 is 24.2 Å². The van der Waals surface area contributed by atoms with E-state index in [2.05, 4.69) is 31.1 Å². The second-order valence-corrected chi connectivity index (χ2v) is 11.9. The summed E-state index contributed by atoms with van der Waals surface area (Å²) >= 11 is 0. The number of Topliss-reactive ketones (excluding diaryl/α,β-unsaturated/α-hetero) is 1. The van der Waals surface area contributed by atoms with Crippen LogP contribution in [0.4, 0.5) is 18.9 Å². The average molecular weight is 668 g/mol. The van der Waals surface area contributed by atoms with Crippen LogP contribution < -0.4 is 19.7 Å². The van der Waals surface area contributed by atoms with Crippen molar-refractivity contribution in [1.82, 2.24) is 15.2 Å². The Kier molecular flexibility index (Phi) is 11.5. The zero-order chi connectivity index (χ0) is 35.4. The van der Waals surface area contributed by atoms with E-state index >= 15 is 0 Å². The number of carbonyl (C=O) groups excluding carboxylic acids is 2. The van der Waals surface area contributed by atoms with Crippen LogP contribution in [0.3, 0.4) is 0 Å². The van der Waals surface area contributed by atoms with Crippen LogP contribution in [0, 0.1) is 5.41 Å². The van der Waals surface area contributed by atoms with Crippen molar-refractivity contribution in [3.8, 4) is 11.5 Å². The number of amidine groups is 1. The number of aliphatic hydroxyl groups is 1. The minimum absolute atomic E-state index is 0.0485. The minimum atomic E-state index is -5.08. The van der Waals surface area contributed by atoms with Gasteiger partial charge in [-0.05, 0) is 30.5 Å². The molecular weight excluding hydrogens is 627 g/mol. The number of hydrogen-bond acceptors (Lipinski definition) is 10. The predicted octanol–water partition coefficient (Wildman–Crippen LogP) is 3.00. The Hall–Kier alpha value is -4.44. The summed E-state index contributed by atoms with van der Waals surface area (Å²) in [4.78, 5) is 43.1. The molecule has 4 rings (SSSR count). The Bertz CT molecular complexity index is 1530. The SMILES string of the molecule is CCOc1cc2c(nc1C(=O)NC)C(=N)N(CC(=O)c1cc(N3C[C@@H](O)[C@H](OC)C3)c(OC)c(C(C)(C)C)c1)C2.O=C(O)C(F)(F)F. The van der Waals surface area contributed by atoms with Gasteiger partial charge in [-0.2, -0.15) is 13.2 Å².